The van der Waals surface area contributed by atoms with Gasteiger partial charge in [-0.25, -0.2) is 0 Å². The number of hydrogen-bond donors (Lipinski definition) is 1. The van der Waals surface area contributed by atoms with Crippen LogP contribution in [-0.4, -0.2) is 30.9 Å². The van der Waals surface area contributed by atoms with Gasteiger partial charge in [0, 0.05) is 24.3 Å². The minimum absolute atomic E-state index is 0.0907. The highest BCUT2D eigenvalue weighted by Crippen LogP contribution is 2.28. The van der Waals surface area contributed by atoms with Crippen molar-refractivity contribution in [3.8, 4) is 0 Å². The molecule has 6 heteroatoms. The molecule has 1 fully saturated rings. The number of nitrogens with one attached hydrogen (secondary N) is 1. The second kappa shape index (κ2) is 7.82. The first kappa shape index (κ1) is 17.7. The fraction of sp³-hybridized carbons (Fsp3) is 0.250. The van der Waals surface area contributed by atoms with Gasteiger partial charge in [0.15, 0.2) is 6.61 Å². The maximum absolute atomic E-state index is 12.3. The van der Waals surface area contributed by atoms with E-state index in [1.54, 1.807) is 29.2 Å². The van der Waals surface area contributed by atoms with E-state index in [1.807, 2.05) is 37.3 Å². The van der Waals surface area contributed by atoms with Crippen LogP contribution in [0.15, 0.2) is 54.6 Å². The molecular formula is C20H20N2O4. The number of benzene rings is 2. The van der Waals surface area contributed by atoms with Gasteiger partial charge in [-0.15, -0.1) is 0 Å². The molecular weight excluding hydrogens is 332 g/mol. The Balaban J connectivity index is 1.53. The van der Waals surface area contributed by atoms with Crippen molar-refractivity contribution in [2.24, 2.45) is 5.92 Å². The van der Waals surface area contributed by atoms with E-state index in [0.717, 1.165) is 11.3 Å². The number of hydrogen-bond acceptors (Lipinski definition) is 4. The van der Waals surface area contributed by atoms with Gasteiger partial charge in [0.05, 0.1) is 5.92 Å². The maximum atomic E-state index is 12.3. The van der Waals surface area contributed by atoms with E-state index in [9.17, 15) is 14.4 Å². The predicted molar refractivity (Wildman–Crippen MR) is 97.7 cm³/mol. The van der Waals surface area contributed by atoms with Gasteiger partial charge in [-0.2, -0.15) is 0 Å². The Bertz CT molecular complexity index is 820. The van der Waals surface area contributed by atoms with Gasteiger partial charge in [-0.3, -0.25) is 14.4 Å². The molecule has 0 unspecified atom stereocenters. The van der Waals surface area contributed by atoms with Crippen molar-refractivity contribution in [1.29, 1.82) is 0 Å². The molecule has 134 valence electrons. The molecule has 1 aliphatic heterocycles. The zero-order valence-electron chi connectivity index (χ0n) is 14.5. The molecule has 2 aromatic carbocycles. The van der Waals surface area contributed by atoms with E-state index in [1.165, 1.54) is 0 Å². The number of para-hydroxylation sites is 2. The number of rotatable bonds is 5. The SMILES string of the molecule is Cc1ccccc1N1C[C@H](C(=O)OCC(=O)Nc2ccccc2)CC1=O. The quantitative estimate of drug-likeness (QED) is 0.839. The van der Waals surface area contributed by atoms with Gasteiger partial charge in [0.1, 0.15) is 0 Å². The Hall–Kier alpha value is -3.15. The van der Waals surface area contributed by atoms with E-state index in [2.05, 4.69) is 5.32 Å². The molecule has 26 heavy (non-hydrogen) atoms. The largest absolute Gasteiger partial charge is 0.455 e. The van der Waals surface area contributed by atoms with Gasteiger partial charge >= 0.3 is 5.97 Å². The normalized spacial score (nSPS) is 16.4. The van der Waals surface area contributed by atoms with Crippen molar-refractivity contribution in [2.45, 2.75) is 13.3 Å². The van der Waals surface area contributed by atoms with E-state index in [-0.39, 0.29) is 25.5 Å². The molecule has 1 N–H and O–H groups in total. The number of nitrogens with zero attached hydrogens (tertiary/aromatic N) is 1. The summed E-state index contributed by atoms with van der Waals surface area (Å²) in [5.74, 6) is -1.62. The summed E-state index contributed by atoms with van der Waals surface area (Å²) >= 11 is 0. The lowest BCUT2D eigenvalue weighted by Gasteiger charge is -2.18. The first-order valence-electron chi connectivity index (χ1n) is 8.42. The van der Waals surface area contributed by atoms with Gasteiger partial charge in [0.2, 0.25) is 5.91 Å². The van der Waals surface area contributed by atoms with Crippen LogP contribution in [0.5, 0.6) is 0 Å². The van der Waals surface area contributed by atoms with Crippen LogP contribution in [0.3, 0.4) is 0 Å². The lowest BCUT2D eigenvalue weighted by atomic mass is 10.1. The van der Waals surface area contributed by atoms with Crippen LogP contribution >= 0.6 is 0 Å². The molecule has 3 rings (SSSR count). The molecule has 2 amide bonds. The van der Waals surface area contributed by atoms with Crippen molar-refractivity contribution >= 4 is 29.2 Å². The molecule has 0 bridgehead atoms. The summed E-state index contributed by atoms with van der Waals surface area (Å²) in [4.78, 5) is 38.0. The van der Waals surface area contributed by atoms with E-state index in [4.69, 9.17) is 4.74 Å². The van der Waals surface area contributed by atoms with Crippen LogP contribution in [-0.2, 0) is 19.1 Å². The highest BCUT2D eigenvalue weighted by Gasteiger charge is 2.36. The summed E-state index contributed by atoms with van der Waals surface area (Å²) in [6.07, 6.45) is 0.0907. The highest BCUT2D eigenvalue weighted by molar-refractivity contribution is 6.00. The third-order valence-corrected chi connectivity index (χ3v) is 4.27. The lowest BCUT2D eigenvalue weighted by molar-refractivity contribution is -0.151. The fourth-order valence-electron chi connectivity index (χ4n) is 2.94. The zero-order valence-corrected chi connectivity index (χ0v) is 14.5. The average Bonchev–Trinajstić information content (AvgIpc) is 3.02. The Morgan fingerprint density at radius 1 is 1.12 bits per heavy atom. The van der Waals surface area contributed by atoms with E-state index in [0.29, 0.717) is 5.69 Å². The number of anilines is 2. The Kier molecular flexibility index (Phi) is 5.31. The molecule has 1 atom stereocenters. The van der Waals surface area contributed by atoms with Crippen LogP contribution in [0.1, 0.15) is 12.0 Å². The fourth-order valence-corrected chi connectivity index (χ4v) is 2.94. The second-order valence-electron chi connectivity index (χ2n) is 6.21. The number of ether oxygens (including phenoxy) is 1. The molecule has 0 aliphatic carbocycles. The number of carbonyl (C=O) groups is 3. The summed E-state index contributed by atoms with van der Waals surface area (Å²) in [6.45, 7) is 1.81. The monoisotopic (exact) mass is 352 g/mol. The van der Waals surface area contributed by atoms with Gasteiger partial charge in [-0.1, -0.05) is 36.4 Å². The van der Waals surface area contributed by atoms with Crippen LogP contribution in [0.2, 0.25) is 0 Å². The first-order chi connectivity index (χ1) is 12.5. The molecule has 1 heterocycles. The van der Waals surface area contributed by atoms with Crippen molar-refractivity contribution in [2.75, 3.05) is 23.4 Å². The van der Waals surface area contributed by atoms with Crippen molar-refractivity contribution < 1.29 is 19.1 Å². The third kappa shape index (κ3) is 4.08. The third-order valence-electron chi connectivity index (χ3n) is 4.27. The number of carbonyl (C=O) groups excluding carboxylic acids is 3. The molecule has 0 radical (unpaired) electrons. The standard InChI is InChI=1S/C20H20N2O4/c1-14-7-5-6-10-17(14)22-12-15(11-19(22)24)20(25)26-13-18(23)21-16-8-3-2-4-9-16/h2-10,15H,11-13H2,1H3,(H,21,23)/t15-/m1/s1. The molecule has 0 spiro atoms. The summed E-state index contributed by atoms with van der Waals surface area (Å²) in [5, 5.41) is 2.65. The molecule has 1 aliphatic rings. The summed E-state index contributed by atoms with van der Waals surface area (Å²) in [6, 6.07) is 16.5. The smallest absolute Gasteiger partial charge is 0.311 e. The Morgan fingerprint density at radius 3 is 2.54 bits per heavy atom. The van der Waals surface area contributed by atoms with Gasteiger partial charge in [-0.05, 0) is 30.7 Å². The molecule has 1 saturated heterocycles. The second-order valence-corrected chi connectivity index (χ2v) is 6.21. The van der Waals surface area contributed by atoms with Gasteiger partial charge in [0.25, 0.3) is 5.91 Å². The van der Waals surface area contributed by atoms with Crippen molar-refractivity contribution in [3.05, 3.63) is 60.2 Å². The van der Waals surface area contributed by atoms with Crippen LogP contribution in [0.25, 0.3) is 0 Å². The van der Waals surface area contributed by atoms with E-state index < -0.39 is 17.8 Å². The summed E-state index contributed by atoms with van der Waals surface area (Å²) in [7, 11) is 0. The highest BCUT2D eigenvalue weighted by atomic mass is 16.5. The van der Waals surface area contributed by atoms with Crippen LogP contribution in [0.4, 0.5) is 11.4 Å². The maximum Gasteiger partial charge on any atom is 0.311 e. The molecule has 0 saturated carbocycles. The Labute approximate surface area is 151 Å². The van der Waals surface area contributed by atoms with Crippen molar-refractivity contribution in [3.63, 3.8) is 0 Å². The number of esters is 1. The first-order valence-corrected chi connectivity index (χ1v) is 8.42. The minimum atomic E-state index is -0.563. The minimum Gasteiger partial charge on any atom is -0.455 e. The summed E-state index contributed by atoms with van der Waals surface area (Å²) < 4.78 is 5.09. The molecule has 0 aromatic heterocycles. The van der Waals surface area contributed by atoms with Crippen molar-refractivity contribution in [1.82, 2.24) is 0 Å². The van der Waals surface area contributed by atoms with Gasteiger partial charge < -0.3 is 15.0 Å². The number of aryl methyl sites for hydroxylation is 1. The lowest BCUT2D eigenvalue weighted by Crippen LogP contribution is -2.28. The predicted octanol–water partition coefficient (Wildman–Crippen LogP) is 2.53. The Morgan fingerprint density at radius 2 is 1.81 bits per heavy atom. The van der Waals surface area contributed by atoms with Crippen LogP contribution < -0.4 is 10.2 Å². The van der Waals surface area contributed by atoms with E-state index >= 15 is 0 Å². The number of amides is 2. The molecule has 6 nitrogen and oxygen atoms in total. The average molecular weight is 352 g/mol. The van der Waals surface area contributed by atoms with Crippen LogP contribution in [0, 0.1) is 12.8 Å². The molecule has 2 aromatic rings. The zero-order chi connectivity index (χ0) is 18.5. The summed E-state index contributed by atoms with van der Waals surface area (Å²) in [5.41, 5.74) is 2.40. The topological polar surface area (TPSA) is 75.7 Å².